The number of nitrogens with zero attached hydrogens (tertiary/aromatic N) is 4. The summed E-state index contributed by atoms with van der Waals surface area (Å²) in [5.41, 5.74) is 6.78. The number of hydrogen-bond acceptors (Lipinski definition) is 4. The van der Waals surface area contributed by atoms with Crippen molar-refractivity contribution in [1.29, 1.82) is 0 Å². The highest BCUT2D eigenvalue weighted by atomic mass is 15.2. The van der Waals surface area contributed by atoms with Crippen molar-refractivity contribution >= 4 is 33.2 Å². The van der Waals surface area contributed by atoms with Crippen molar-refractivity contribution in [2.24, 2.45) is 0 Å². The Bertz CT molecular complexity index is 1170. The Labute approximate surface area is 190 Å². The van der Waals surface area contributed by atoms with E-state index in [1.165, 1.54) is 47.8 Å². The van der Waals surface area contributed by atoms with E-state index in [9.17, 15) is 0 Å². The van der Waals surface area contributed by atoms with Crippen LogP contribution in [0.1, 0.15) is 37.1 Å². The standard InChI is InChI=1S/C28H32N4/c1-19-15-17-21-9-7-13-25(27(21)29-19)31(3)23-11-5-6-12-24(23)32(4)26-14-8-10-22-18-16-20(2)30-28(22)26/h7-10,13-18,23-24H,5-6,11-12H2,1-4H3/t23-,24-/m1/s1. The van der Waals surface area contributed by atoms with Crippen LogP contribution in [0.5, 0.6) is 0 Å². The molecular formula is C28H32N4. The summed E-state index contributed by atoms with van der Waals surface area (Å²) >= 11 is 0. The van der Waals surface area contributed by atoms with E-state index in [-0.39, 0.29) is 0 Å². The van der Waals surface area contributed by atoms with Crippen LogP contribution in [-0.2, 0) is 0 Å². The van der Waals surface area contributed by atoms with Crippen molar-refractivity contribution in [3.63, 3.8) is 0 Å². The molecule has 164 valence electrons. The van der Waals surface area contributed by atoms with Gasteiger partial charge in [-0.3, -0.25) is 9.97 Å². The molecule has 2 aromatic carbocycles. The second kappa shape index (κ2) is 8.42. The Hall–Kier alpha value is -3.14. The van der Waals surface area contributed by atoms with E-state index < -0.39 is 0 Å². The third-order valence-electron chi connectivity index (χ3n) is 7.13. The average molecular weight is 425 g/mol. The lowest BCUT2D eigenvalue weighted by Gasteiger charge is -2.44. The molecule has 2 heterocycles. The van der Waals surface area contributed by atoms with E-state index in [1.807, 2.05) is 0 Å². The SMILES string of the molecule is Cc1ccc2cccc(N(C)[C@@H]3CCCC[C@H]3N(C)c3cccc4ccc(C)nc34)c2n1. The van der Waals surface area contributed by atoms with E-state index >= 15 is 0 Å². The second-order valence-electron chi connectivity index (χ2n) is 9.24. The Morgan fingerprint density at radius 3 is 1.50 bits per heavy atom. The molecule has 32 heavy (non-hydrogen) atoms. The summed E-state index contributed by atoms with van der Waals surface area (Å²) in [6, 6.07) is 22.5. The number of anilines is 2. The zero-order valence-electron chi connectivity index (χ0n) is 19.5. The van der Waals surface area contributed by atoms with Crippen LogP contribution in [0, 0.1) is 13.8 Å². The highest BCUT2D eigenvalue weighted by Crippen LogP contribution is 2.35. The molecule has 1 saturated carbocycles. The summed E-state index contributed by atoms with van der Waals surface area (Å²) < 4.78 is 0. The normalized spacial score (nSPS) is 18.8. The minimum atomic E-state index is 0.418. The molecule has 0 radical (unpaired) electrons. The maximum Gasteiger partial charge on any atom is 0.0938 e. The zero-order chi connectivity index (χ0) is 22.2. The fourth-order valence-electron chi connectivity index (χ4n) is 5.38. The first-order chi connectivity index (χ1) is 15.5. The highest BCUT2D eigenvalue weighted by molar-refractivity contribution is 5.92. The lowest BCUT2D eigenvalue weighted by molar-refractivity contribution is 0.364. The summed E-state index contributed by atoms with van der Waals surface area (Å²) in [5.74, 6) is 0. The fraction of sp³-hybridized carbons (Fsp3) is 0.357. The number of aryl methyl sites for hydroxylation is 2. The number of para-hydroxylation sites is 2. The molecule has 0 amide bonds. The third kappa shape index (κ3) is 3.68. The summed E-state index contributed by atoms with van der Waals surface area (Å²) in [4.78, 5) is 14.8. The third-order valence-corrected chi connectivity index (χ3v) is 7.13. The molecule has 0 spiro atoms. The van der Waals surface area contributed by atoms with Gasteiger partial charge in [-0.2, -0.15) is 0 Å². The predicted octanol–water partition coefficient (Wildman–Crippen LogP) is 6.28. The van der Waals surface area contributed by atoms with Gasteiger partial charge in [0.15, 0.2) is 0 Å². The number of pyridine rings is 2. The van der Waals surface area contributed by atoms with Crippen LogP contribution in [0.3, 0.4) is 0 Å². The highest BCUT2D eigenvalue weighted by Gasteiger charge is 2.33. The molecule has 4 nitrogen and oxygen atoms in total. The summed E-state index contributed by atoms with van der Waals surface area (Å²) in [6.45, 7) is 4.14. The van der Waals surface area contributed by atoms with Gasteiger partial charge in [-0.15, -0.1) is 0 Å². The molecule has 0 N–H and O–H groups in total. The number of fused-ring (bicyclic) bond motifs is 2. The molecule has 2 aromatic heterocycles. The number of benzene rings is 2. The number of aromatic nitrogens is 2. The molecule has 1 fully saturated rings. The molecular weight excluding hydrogens is 392 g/mol. The summed E-state index contributed by atoms with van der Waals surface area (Å²) in [6.07, 6.45) is 4.91. The first-order valence-corrected chi connectivity index (χ1v) is 11.7. The van der Waals surface area contributed by atoms with E-state index in [4.69, 9.17) is 9.97 Å². The van der Waals surface area contributed by atoms with Gasteiger partial charge in [0.25, 0.3) is 0 Å². The van der Waals surface area contributed by atoms with Crippen LogP contribution in [0.15, 0.2) is 60.7 Å². The van der Waals surface area contributed by atoms with Crippen molar-refractivity contribution in [3.05, 3.63) is 72.1 Å². The van der Waals surface area contributed by atoms with Gasteiger partial charge in [0.05, 0.1) is 22.4 Å². The minimum absolute atomic E-state index is 0.418. The first-order valence-electron chi connectivity index (χ1n) is 11.7. The molecule has 0 bridgehead atoms. The first kappa shape index (κ1) is 20.7. The predicted molar refractivity (Wildman–Crippen MR) is 136 cm³/mol. The Kier molecular flexibility index (Phi) is 5.46. The lowest BCUT2D eigenvalue weighted by atomic mass is 9.87. The van der Waals surface area contributed by atoms with Crippen molar-refractivity contribution < 1.29 is 0 Å². The van der Waals surface area contributed by atoms with Gasteiger partial charge in [-0.05, 0) is 51.0 Å². The molecule has 1 aliphatic carbocycles. The largest absolute Gasteiger partial charge is 0.368 e. The fourth-order valence-corrected chi connectivity index (χ4v) is 5.38. The Balaban J connectivity index is 1.54. The number of hydrogen-bond donors (Lipinski definition) is 0. The smallest absolute Gasteiger partial charge is 0.0938 e. The van der Waals surface area contributed by atoms with Gasteiger partial charge in [-0.1, -0.05) is 49.2 Å². The molecule has 4 aromatic rings. The maximum atomic E-state index is 4.90. The second-order valence-corrected chi connectivity index (χ2v) is 9.24. The topological polar surface area (TPSA) is 32.3 Å². The number of rotatable bonds is 4. The van der Waals surface area contributed by atoms with E-state index in [1.54, 1.807) is 0 Å². The van der Waals surface area contributed by atoms with E-state index in [2.05, 4.69) is 98.4 Å². The van der Waals surface area contributed by atoms with Gasteiger partial charge in [0, 0.05) is 48.3 Å². The summed E-state index contributed by atoms with van der Waals surface area (Å²) in [5, 5.41) is 2.41. The van der Waals surface area contributed by atoms with Gasteiger partial charge < -0.3 is 9.80 Å². The molecule has 5 rings (SSSR count). The lowest BCUT2D eigenvalue weighted by Crippen LogP contribution is -2.51. The van der Waals surface area contributed by atoms with Crippen LogP contribution in [0.2, 0.25) is 0 Å². The van der Waals surface area contributed by atoms with Gasteiger partial charge in [-0.25, -0.2) is 0 Å². The van der Waals surface area contributed by atoms with Gasteiger partial charge >= 0.3 is 0 Å². The van der Waals surface area contributed by atoms with Crippen molar-refractivity contribution in [1.82, 2.24) is 9.97 Å². The summed E-state index contributed by atoms with van der Waals surface area (Å²) in [7, 11) is 4.50. The van der Waals surface area contributed by atoms with Crippen LogP contribution >= 0.6 is 0 Å². The molecule has 4 heteroatoms. The minimum Gasteiger partial charge on any atom is -0.368 e. The van der Waals surface area contributed by atoms with Crippen LogP contribution in [-0.4, -0.2) is 36.1 Å². The monoisotopic (exact) mass is 424 g/mol. The quantitative estimate of drug-likeness (QED) is 0.386. The van der Waals surface area contributed by atoms with E-state index in [0.29, 0.717) is 12.1 Å². The Morgan fingerprint density at radius 1 is 0.625 bits per heavy atom. The van der Waals surface area contributed by atoms with Crippen molar-refractivity contribution in [2.45, 2.75) is 51.6 Å². The average Bonchev–Trinajstić information content (AvgIpc) is 2.82. The van der Waals surface area contributed by atoms with Crippen LogP contribution < -0.4 is 9.80 Å². The molecule has 0 aliphatic heterocycles. The maximum absolute atomic E-state index is 4.90. The van der Waals surface area contributed by atoms with Crippen LogP contribution in [0.4, 0.5) is 11.4 Å². The molecule has 0 saturated heterocycles. The molecule has 0 unspecified atom stereocenters. The molecule has 2 atom stereocenters. The van der Waals surface area contributed by atoms with Gasteiger partial charge in [0.2, 0.25) is 0 Å². The van der Waals surface area contributed by atoms with Crippen molar-refractivity contribution in [2.75, 3.05) is 23.9 Å². The van der Waals surface area contributed by atoms with Crippen molar-refractivity contribution in [3.8, 4) is 0 Å². The Morgan fingerprint density at radius 2 is 1.06 bits per heavy atom. The molecule has 1 aliphatic rings. The number of likely N-dealkylation sites (N-methyl/N-ethyl adjacent to an activating group) is 2. The van der Waals surface area contributed by atoms with Crippen LogP contribution in [0.25, 0.3) is 21.8 Å². The van der Waals surface area contributed by atoms with E-state index in [0.717, 1.165) is 22.4 Å². The zero-order valence-corrected chi connectivity index (χ0v) is 19.5. The van der Waals surface area contributed by atoms with Gasteiger partial charge in [0.1, 0.15) is 0 Å².